The topological polar surface area (TPSA) is 37.3 Å². The van der Waals surface area contributed by atoms with Crippen LogP contribution in [0.2, 0.25) is 0 Å². The standard InChI is InChI=1S/C24H51P.C7H6O2/c1-4-7-10-13-16-19-22-25(23-20-17-14-11-8-5-2)24-21-18-15-12-9-6-3;8-7(9)6-4-2-1-3-5-6/h4-24H2,1-3H3;1-5H,(H,8,9). The summed E-state index contributed by atoms with van der Waals surface area (Å²) in [5, 5.41) is 8.38. The second kappa shape index (κ2) is 26.7. The molecule has 0 amide bonds. The Labute approximate surface area is 214 Å². The summed E-state index contributed by atoms with van der Waals surface area (Å²) in [6, 6.07) is 8.30. The molecule has 0 unspecified atom stereocenters. The van der Waals surface area contributed by atoms with E-state index in [1.807, 2.05) is 0 Å². The van der Waals surface area contributed by atoms with Crippen LogP contribution in [-0.2, 0) is 0 Å². The van der Waals surface area contributed by atoms with Gasteiger partial charge in [0.25, 0.3) is 0 Å². The highest BCUT2D eigenvalue weighted by atomic mass is 31.1. The molecule has 0 aliphatic carbocycles. The third-order valence-electron chi connectivity index (χ3n) is 6.50. The summed E-state index contributed by atoms with van der Waals surface area (Å²) in [5.74, 6) is -0.879. The van der Waals surface area contributed by atoms with Crippen LogP contribution >= 0.6 is 7.92 Å². The average molecular weight is 493 g/mol. The lowest BCUT2D eigenvalue weighted by Gasteiger charge is -2.18. The summed E-state index contributed by atoms with van der Waals surface area (Å²) in [5.41, 5.74) is 0.331. The first kappa shape index (κ1) is 33.1. The van der Waals surface area contributed by atoms with Gasteiger partial charge in [-0.15, -0.1) is 7.92 Å². The number of carboxylic acids is 1. The molecule has 0 spiro atoms. The smallest absolute Gasteiger partial charge is 0.335 e. The van der Waals surface area contributed by atoms with E-state index >= 15 is 0 Å². The van der Waals surface area contributed by atoms with Gasteiger partial charge in [-0.05, 0) is 49.9 Å². The predicted octanol–water partition coefficient (Wildman–Crippen LogP) is 10.9. The van der Waals surface area contributed by atoms with Crippen molar-refractivity contribution < 1.29 is 9.90 Å². The van der Waals surface area contributed by atoms with Gasteiger partial charge in [0.05, 0.1) is 5.56 Å². The van der Waals surface area contributed by atoms with Gasteiger partial charge in [0.1, 0.15) is 0 Å². The van der Waals surface area contributed by atoms with Crippen molar-refractivity contribution in [1.29, 1.82) is 0 Å². The molecule has 198 valence electrons. The quantitative estimate of drug-likeness (QED) is 0.129. The van der Waals surface area contributed by atoms with Crippen LogP contribution in [0.4, 0.5) is 0 Å². The van der Waals surface area contributed by atoms with Crippen LogP contribution in [0.1, 0.15) is 147 Å². The summed E-state index contributed by atoms with van der Waals surface area (Å²) < 4.78 is 0. The molecule has 0 bridgehead atoms. The second-order valence-corrected chi connectivity index (χ2v) is 12.5. The number of aromatic carboxylic acids is 1. The van der Waals surface area contributed by atoms with Crippen molar-refractivity contribution in [2.24, 2.45) is 0 Å². The Morgan fingerprint density at radius 3 is 1.18 bits per heavy atom. The fourth-order valence-electron chi connectivity index (χ4n) is 4.26. The van der Waals surface area contributed by atoms with Crippen LogP contribution in [0, 0.1) is 0 Å². The molecule has 0 aromatic heterocycles. The van der Waals surface area contributed by atoms with Crippen molar-refractivity contribution in [3.63, 3.8) is 0 Å². The first-order chi connectivity index (χ1) is 16.7. The predicted molar refractivity (Wildman–Crippen MR) is 155 cm³/mol. The monoisotopic (exact) mass is 492 g/mol. The molecule has 0 aliphatic heterocycles. The molecular weight excluding hydrogens is 435 g/mol. The summed E-state index contributed by atoms with van der Waals surface area (Å²) in [6.07, 6.45) is 31.2. The summed E-state index contributed by atoms with van der Waals surface area (Å²) >= 11 is 0. The van der Waals surface area contributed by atoms with Crippen LogP contribution in [0.3, 0.4) is 0 Å². The summed E-state index contributed by atoms with van der Waals surface area (Å²) in [7, 11) is 0.366. The van der Waals surface area contributed by atoms with Crippen LogP contribution in [-0.4, -0.2) is 29.6 Å². The minimum absolute atomic E-state index is 0.331. The molecule has 0 aliphatic rings. The van der Waals surface area contributed by atoms with E-state index in [-0.39, 0.29) is 0 Å². The van der Waals surface area contributed by atoms with Gasteiger partial charge in [0.15, 0.2) is 0 Å². The van der Waals surface area contributed by atoms with Gasteiger partial charge >= 0.3 is 5.97 Å². The van der Waals surface area contributed by atoms with Gasteiger partial charge < -0.3 is 5.11 Å². The first-order valence-electron chi connectivity index (χ1n) is 14.7. The van der Waals surface area contributed by atoms with E-state index in [4.69, 9.17) is 5.11 Å². The second-order valence-electron chi connectivity index (χ2n) is 9.82. The Bertz CT molecular complexity index is 493. The van der Waals surface area contributed by atoms with E-state index in [0.29, 0.717) is 13.5 Å². The average Bonchev–Trinajstić information content (AvgIpc) is 2.86. The number of carbonyl (C=O) groups is 1. The highest BCUT2D eigenvalue weighted by Gasteiger charge is 2.08. The SMILES string of the molecule is CCCCCCCCP(CCCCCCCC)CCCCCCCC.O=C(O)c1ccccc1. The Morgan fingerprint density at radius 1 is 0.559 bits per heavy atom. The summed E-state index contributed by atoms with van der Waals surface area (Å²) in [4.78, 5) is 10.2. The lowest BCUT2D eigenvalue weighted by molar-refractivity contribution is 0.0697. The van der Waals surface area contributed by atoms with Gasteiger partial charge in [-0.2, -0.15) is 0 Å². The lowest BCUT2D eigenvalue weighted by Crippen LogP contribution is -1.97. The van der Waals surface area contributed by atoms with Crippen molar-refractivity contribution in [2.75, 3.05) is 18.5 Å². The van der Waals surface area contributed by atoms with Gasteiger partial charge in [0, 0.05) is 0 Å². The van der Waals surface area contributed by atoms with E-state index in [1.54, 1.807) is 48.8 Å². The molecule has 0 saturated carbocycles. The largest absolute Gasteiger partial charge is 0.478 e. The Kier molecular flexibility index (Phi) is 26.0. The highest BCUT2D eigenvalue weighted by Crippen LogP contribution is 2.39. The van der Waals surface area contributed by atoms with Crippen molar-refractivity contribution in [3.05, 3.63) is 35.9 Å². The Morgan fingerprint density at radius 2 is 0.882 bits per heavy atom. The van der Waals surface area contributed by atoms with E-state index in [2.05, 4.69) is 20.8 Å². The van der Waals surface area contributed by atoms with Crippen LogP contribution in [0.5, 0.6) is 0 Å². The third-order valence-corrected chi connectivity index (χ3v) is 9.35. The van der Waals surface area contributed by atoms with Crippen molar-refractivity contribution in [3.8, 4) is 0 Å². The zero-order valence-electron chi connectivity index (χ0n) is 23.0. The van der Waals surface area contributed by atoms with E-state index < -0.39 is 5.97 Å². The van der Waals surface area contributed by atoms with E-state index in [9.17, 15) is 4.79 Å². The number of rotatable bonds is 22. The molecule has 1 aromatic rings. The number of unbranched alkanes of at least 4 members (excludes halogenated alkanes) is 15. The minimum atomic E-state index is -0.879. The molecular formula is C31H57O2P. The zero-order valence-corrected chi connectivity index (χ0v) is 23.9. The van der Waals surface area contributed by atoms with Crippen LogP contribution < -0.4 is 0 Å². The zero-order chi connectivity index (χ0) is 25.1. The Balaban J connectivity index is 0.000000999. The fourth-order valence-corrected chi connectivity index (χ4v) is 6.95. The molecule has 0 fully saturated rings. The highest BCUT2D eigenvalue weighted by molar-refractivity contribution is 7.57. The maximum absolute atomic E-state index is 10.2. The molecule has 2 nitrogen and oxygen atoms in total. The normalized spacial score (nSPS) is 10.8. The van der Waals surface area contributed by atoms with Crippen LogP contribution in [0.25, 0.3) is 0 Å². The maximum Gasteiger partial charge on any atom is 0.335 e. The molecule has 0 saturated heterocycles. The number of carboxylic acid groups (broad SMARTS) is 1. The van der Waals surface area contributed by atoms with Gasteiger partial charge in [-0.1, -0.05) is 135 Å². The van der Waals surface area contributed by atoms with Gasteiger partial charge in [-0.3, -0.25) is 0 Å². The molecule has 34 heavy (non-hydrogen) atoms. The number of hydrogen-bond donors (Lipinski definition) is 1. The van der Waals surface area contributed by atoms with Gasteiger partial charge in [-0.25, -0.2) is 4.79 Å². The van der Waals surface area contributed by atoms with Crippen molar-refractivity contribution in [1.82, 2.24) is 0 Å². The molecule has 0 atom stereocenters. The molecule has 1 N–H and O–H groups in total. The van der Waals surface area contributed by atoms with Crippen LogP contribution in [0.15, 0.2) is 30.3 Å². The lowest BCUT2D eigenvalue weighted by atomic mass is 10.1. The minimum Gasteiger partial charge on any atom is -0.478 e. The number of benzene rings is 1. The molecule has 1 aromatic carbocycles. The molecule has 1 rings (SSSR count). The third kappa shape index (κ3) is 22.9. The van der Waals surface area contributed by atoms with Crippen molar-refractivity contribution in [2.45, 2.75) is 136 Å². The van der Waals surface area contributed by atoms with Gasteiger partial charge in [0.2, 0.25) is 0 Å². The molecule has 0 heterocycles. The van der Waals surface area contributed by atoms with E-state index in [1.165, 1.54) is 116 Å². The van der Waals surface area contributed by atoms with E-state index in [0.717, 1.165) is 0 Å². The Hall–Kier alpha value is -0.880. The number of hydrogen-bond acceptors (Lipinski definition) is 1. The fraction of sp³-hybridized carbons (Fsp3) is 0.774. The van der Waals surface area contributed by atoms with Crippen molar-refractivity contribution >= 4 is 13.9 Å². The maximum atomic E-state index is 10.2. The summed E-state index contributed by atoms with van der Waals surface area (Å²) in [6.45, 7) is 6.96. The molecule has 3 heteroatoms. The molecule has 0 radical (unpaired) electrons. The first-order valence-corrected chi connectivity index (χ1v) is 16.6.